The Labute approximate surface area is 187 Å². The van der Waals surface area contributed by atoms with Gasteiger partial charge in [0, 0.05) is 19.0 Å². The van der Waals surface area contributed by atoms with Gasteiger partial charge in [-0.15, -0.1) is 0 Å². The molecule has 4 nitrogen and oxygen atoms in total. The van der Waals surface area contributed by atoms with Crippen LogP contribution >= 0.6 is 0 Å². The molecule has 1 aliphatic carbocycles. The highest BCUT2D eigenvalue weighted by molar-refractivity contribution is 5.82. The molecule has 1 N–H and O–H groups in total. The summed E-state index contributed by atoms with van der Waals surface area (Å²) < 4.78 is 5.45. The third kappa shape index (κ3) is 4.95. The summed E-state index contributed by atoms with van der Waals surface area (Å²) in [7, 11) is 1.73. The number of hydrogen-bond acceptors (Lipinski definition) is 3. The Kier molecular flexibility index (Phi) is 6.66. The molecule has 4 rings (SSSR count). The maximum absolute atomic E-state index is 12.7. The van der Waals surface area contributed by atoms with Crippen molar-refractivity contribution in [3.63, 3.8) is 0 Å². The second-order valence-electron chi connectivity index (χ2n) is 9.45. The molecule has 0 radical (unpaired) electrons. The molecule has 4 heteroatoms. The SMILES string of the molecule is COc1ccc(CN2CCC3(CC2)C[C@H]3C(=O)NCCCc2ccccc2)c(C)c1C. The number of ether oxygens (including phenoxy) is 1. The number of piperidine rings is 1. The molecule has 1 heterocycles. The molecule has 31 heavy (non-hydrogen) atoms. The number of benzene rings is 2. The summed E-state index contributed by atoms with van der Waals surface area (Å²) in [5.74, 6) is 1.48. The quantitative estimate of drug-likeness (QED) is 0.632. The molecular weight excluding hydrogens is 384 g/mol. The molecule has 1 aliphatic heterocycles. The van der Waals surface area contributed by atoms with Crippen molar-refractivity contribution < 1.29 is 9.53 Å². The lowest BCUT2D eigenvalue weighted by atomic mass is 9.90. The van der Waals surface area contributed by atoms with E-state index in [1.807, 2.05) is 6.07 Å². The Balaban J connectivity index is 1.20. The molecule has 1 spiro atoms. The van der Waals surface area contributed by atoms with Gasteiger partial charge in [0.1, 0.15) is 5.75 Å². The van der Waals surface area contributed by atoms with Crippen molar-refractivity contribution in [3.05, 3.63) is 64.7 Å². The van der Waals surface area contributed by atoms with Gasteiger partial charge in [-0.25, -0.2) is 0 Å². The normalized spacial score (nSPS) is 19.9. The minimum absolute atomic E-state index is 0.233. The Morgan fingerprint density at radius 3 is 2.55 bits per heavy atom. The lowest BCUT2D eigenvalue weighted by Crippen LogP contribution is -2.37. The highest BCUT2D eigenvalue weighted by Gasteiger charge is 2.58. The number of carbonyl (C=O) groups excluding carboxylic acids is 1. The van der Waals surface area contributed by atoms with E-state index in [0.29, 0.717) is 0 Å². The van der Waals surface area contributed by atoms with Crippen LogP contribution in [0.5, 0.6) is 5.75 Å². The fourth-order valence-electron chi connectivity index (χ4n) is 5.18. The zero-order chi connectivity index (χ0) is 21.8. The number of aryl methyl sites for hydroxylation is 1. The first-order valence-electron chi connectivity index (χ1n) is 11.7. The zero-order valence-electron chi connectivity index (χ0n) is 19.2. The van der Waals surface area contributed by atoms with Crippen LogP contribution in [0.15, 0.2) is 42.5 Å². The third-order valence-electron chi connectivity index (χ3n) is 7.61. The fourth-order valence-corrected chi connectivity index (χ4v) is 5.18. The van der Waals surface area contributed by atoms with Gasteiger partial charge in [-0.1, -0.05) is 36.4 Å². The lowest BCUT2D eigenvalue weighted by molar-refractivity contribution is -0.123. The van der Waals surface area contributed by atoms with E-state index < -0.39 is 0 Å². The van der Waals surface area contributed by atoms with Crippen LogP contribution in [-0.2, 0) is 17.8 Å². The van der Waals surface area contributed by atoms with E-state index in [9.17, 15) is 4.79 Å². The zero-order valence-corrected chi connectivity index (χ0v) is 19.2. The molecule has 1 atom stereocenters. The van der Waals surface area contributed by atoms with Crippen LogP contribution in [0.1, 0.15) is 47.9 Å². The lowest BCUT2D eigenvalue weighted by Gasteiger charge is -2.33. The van der Waals surface area contributed by atoms with E-state index in [1.165, 1.54) is 22.3 Å². The summed E-state index contributed by atoms with van der Waals surface area (Å²) in [5, 5.41) is 3.20. The van der Waals surface area contributed by atoms with E-state index in [0.717, 1.165) is 64.0 Å². The van der Waals surface area contributed by atoms with Gasteiger partial charge in [0.15, 0.2) is 0 Å². The summed E-state index contributed by atoms with van der Waals surface area (Å²) in [4.78, 5) is 15.2. The predicted molar refractivity (Wildman–Crippen MR) is 125 cm³/mol. The summed E-state index contributed by atoms with van der Waals surface area (Å²) in [5.41, 5.74) is 5.57. The molecular formula is C27H36N2O2. The van der Waals surface area contributed by atoms with Crippen molar-refractivity contribution in [2.24, 2.45) is 11.3 Å². The van der Waals surface area contributed by atoms with Crippen LogP contribution in [0.25, 0.3) is 0 Å². The topological polar surface area (TPSA) is 41.6 Å². The Morgan fingerprint density at radius 2 is 1.84 bits per heavy atom. The van der Waals surface area contributed by atoms with Gasteiger partial charge in [0.05, 0.1) is 7.11 Å². The number of likely N-dealkylation sites (tertiary alicyclic amines) is 1. The smallest absolute Gasteiger partial charge is 0.223 e. The van der Waals surface area contributed by atoms with Gasteiger partial charge in [0.25, 0.3) is 0 Å². The van der Waals surface area contributed by atoms with Crippen LogP contribution < -0.4 is 10.1 Å². The van der Waals surface area contributed by atoms with Crippen molar-refractivity contribution in [3.8, 4) is 5.75 Å². The maximum Gasteiger partial charge on any atom is 0.223 e. The Hall–Kier alpha value is -2.33. The second-order valence-corrected chi connectivity index (χ2v) is 9.45. The average Bonchev–Trinajstić information content (AvgIpc) is 3.50. The van der Waals surface area contributed by atoms with Gasteiger partial charge in [0.2, 0.25) is 5.91 Å². The van der Waals surface area contributed by atoms with Gasteiger partial charge in [-0.2, -0.15) is 0 Å². The number of rotatable bonds is 8. The van der Waals surface area contributed by atoms with Crippen molar-refractivity contribution in [2.45, 2.75) is 52.5 Å². The van der Waals surface area contributed by atoms with Crippen molar-refractivity contribution >= 4 is 5.91 Å². The van der Waals surface area contributed by atoms with Gasteiger partial charge < -0.3 is 10.1 Å². The number of amides is 1. The molecule has 0 unspecified atom stereocenters. The van der Waals surface area contributed by atoms with Gasteiger partial charge in [-0.3, -0.25) is 9.69 Å². The number of methoxy groups -OCH3 is 1. The highest BCUT2D eigenvalue weighted by Crippen LogP contribution is 2.59. The van der Waals surface area contributed by atoms with E-state index in [-0.39, 0.29) is 17.2 Å². The minimum Gasteiger partial charge on any atom is -0.496 e. The van der Waals surface area contributed by atoms with Crippen molar-refractivity contribution in [1.29, 1.82) is 0 Å². The van der Waals surface area contributed by atoms with Crippen LogP contribution in [-0.4, -0.2) is 37.6 Å². The third-order valence-corrected chi connectivity index (χ3v) is 7.61. The summed E-state index contributed by atoms with van der Waals surface area (Å²) in [6.07, 6.45) is 5.39. The van der Waals surface area contributed by atoms with E-state index >= 15 is 0 Å². The number of nitrogens with zero attached hydrogens (tertiary/aromatic N) is 1. The van der Waals surface area contributed by atoms with Gasteiger partial charge in [-0.05, 0) is 92.8 Å². The fraction of sp³-hybridized carbons (Fsp3) is 0.519. The second kappa shape index (κ2) is 9.44. The van der Waals surface area contributed by atoms with Crippen LogP contribution in [0.2, 0.25) is 0 Å². The van der Waals surface area contributed by atoms with E-state index in [2.05, 4.69) is 60.5 Å². The monoisotopic (exact) mass is 420 g/mol. The largest absolute Gasteiger partial charge is 0.496 e. The first kappa shape index (κ1) is 21.9. The summed E-state index contributed by atoms with van der Waals surface area (Å²) in [6.45, 7) is 8.27. The molecule has 0 aromatic heterocycles. The first-order valence-corrected chi connectivity index (χ1v) is 11.7. The molecule has 1 saturated carbocycles. The Morgan fingerprint density at radius 1 is 1.10 bits per heavy atom. The number of hydrogen-bond donors (Lipinski definition) is 1. The summed E-state index contributed by atoms with van der Waals surface area (Å²) >= 11 is 0. The molecule has 2 aromatic carbocycles. The van der Waals surface area contributed by atoms with Crippen LogP contribution in [0.3, 0.4) is 0 Å². The molecule has 0 bridgehead atoms. The molecule has 2 aromatic rings. The molecule has 1 saturated heterocycles. The minimum atomic E-state index is 0.233. The Bertz CT molecular complexity index is 901. The highest BCUT2D eigenvalue weighted by atomic mass is 16.5. The molecule has 2 fully saturated rings. The summed E-state index contributed by atoms with van der Waals surface area (Å²) in [6, 6.07) is 14.8. The standard InChI is InChI=1S/C27H36N2O2/c1-20-21(2)25(31-3)12-11-23(20)19-29-16-13-27(14-17-29)18-24(27)26(30)28-15-7-10-22-8-5-4-6-9-22/h4-6,8-9,11-12,24H,7,10,13-19H2,1-3H3,(H,28,30)/t24-/m0/s1. The number of carbonyl (C=O) groups is 1. The molecule has 1 amide bonds. The van der Waals surface area contributed by atoms with Crippen molar-refractivity contribution in [2.75, 3.05) is 26.7 Å². The first-order chi connectivity index (χ1) is 15.0. The van der Waals surface area contributed by atoms with E-state index in [4.69, 9.17) is 4.74 Å². The van der Waals surface area contributed by atoms with E-state index in [1.54, 1.807) is 7.11 Å². The molecule has 166 valence electrons. The average molecular weight is 421 g/mol. The van der Waals surface area contributed by atoms with Crippen LogP contribution in [0.4, 0.5) is 0 Å². The number of nitrogens with one attached hydrogen (secondary N) is 1. The predicted octanol–water partition coefficient (Wildman–Crippen LogP) is 4.66. The molecule has 2 aliphatic rings. The van der Waals surface area contributed by atoms with Crippen LogP contribution in [0, 0.1) is 25.2 Å². The maximum atomic E-state index is 12.7. The van der Waals surface area contributed by atoms with Crippen molar-refractivity contribution in [1.82, 2.24) is 10.2 Å². The van der Waals surface area contributed by atoms with Gasteiger partial charge >= 0.3 is 0 Å².